The van der Waals surface area contributed by atoms with Crippen LogP contribution in [-0.2, 0) is 23.0 Å². The summed E-state index contributed by atoms with van der Waals surface area (Å²) in [5, 5.41) is 1.47. The minimum absolute atomic E-state index is 0. The molecular weight excluding hydrogens is 576 g/mol. The SMILES string of the molecule is CCCCCCCCCCCCCCc1cc(S(=O)(=O)[O-])c2cc(CCCCCCCCCCCCCC)ccc2c1.[K+]. The van der Waals surface area contributed by atoms with Crippen molar-refractivity contribution in [2.24, 2.45) is 0 Å². The van der Waals surface area contributed by atoms with E-state index in [1.165, 1.54) is 135 Å². The maximum atomic E-state index is 12.2. The van der Waals surface area contributed by atoms with Crippen molar-refractivity contribution < 1.29 is 64.4 Å². The Morgan fingerprint density at radius 2 is 0.860 bits per heavy atom. The van der Waals surface area contributed by atoms with Crippen LogP contribution in [0.5, 0.6) is 0 Å². The normalized spacial score (nSPS) is 11.7. The van der Waals surface area contributed by atoms with Gasteiger partial charge in [0.25, 0.3) is 0 Å². The number of hydrogen-bond acceptors (Lipinski definition) is 3. The molecule has 0 radical (unpaired) electrons. The third-order valence-corrected chi connectivity index (χ3v) is 9.82. The van der Waals surface area contributed by atoms with Crippen molar-refractivity contribution in [3.8, 4) is 0 Å². The smallest absolute Gasteiger partial charge is 0.744 e. The fourth-order valence-corrected chi connectivity index (χ4v) is 7.02. The molecule has 2 aromatic rings. The number of hydrogen-bond donors (Lipinski definition) is 0. The second-order valence-electron chi connectivity index (χ2n) is 12.9. The Balaban J connectivity index is 0.00000924. The molecule has 2 rings (SSSR count). The van der Waals surface area contributed by atoms with Crippen LogP contribution in [0.4, 0.5) is 0 Å². The fraction of sp³-hybridized carbons (Fsp3) is 0.737. The molecule has 3 nitrogen and oxygen atoms in total. The first-order valence-electron chi connectivity index (χ1n) is 18.0. The van der Waals surface area contributed by atoms with E-state index in [0.717, 1.165) is 48.6 Å². The van der Waals surface area contributed by atoms with Crippen molar-refractivity contribution in [3.63, 3.8) is 0 Å². The van der Waals surface area contributed by atoms with Crippen LogP contribution < -0.4 is 51.4 Å². The topological polar surface area (TPSA) is 57.2 Å². The summed E-state index contributed by atoms with van der Waals surface area (Å²) in [5.74, 6) is 0. The van der Waals surface area contributed by atoms with Gasteiger partial charge in [-0.05, 0) is 59.7 Å². The number of benzene rings is 2. The first-order valence-corrected chi connectivity index (χ1v) is 19.4. The largest absolute Gasteiger partial charge is 1.00 e. The van der Waals surface area contributed by atoms with Crippen LogP contribution in [0.25, 0.3) is 10.8 Å². The zero-order valence-corrected chi connectivity index (χ0v) is 32.3. The molecule has 0 bridgehead atoms. The molecule has 0 aromatic heterocycles. The van der Waals surface area contributed by atoms with E-state index in [4.69, 9.17) is 0 Å². The Kier molecular flexibility index (Phi) is 25.3. The van der Waals surface area contributed by atoms with E-state index in [9.17, 15) is 13.0 Å². The predicted octanol–water partition coefficient (Wildman–Crippen LogP) is 9.24. The Morgan fingerprint density at radius 3 is 1.26 bits per heavy atom. The molecule has 0 saturated heterocycles. The van der Waals surface area contributed by atoms with E-state index >= 15 is 0 Å². The van der Waals surface area contributed by atoms with Gasteiger partial charge in [-0.2, -0.15) is 0 Å². The van der Waals surface area contributed by atoms with Gasteiger partial charge in [-0.25, -0.2) is 8.42 Å². The molecule has 0 aliphatic heterocycles. The Morgan fingerprint density at radius 1 is 0.488 bits per heavy atom. The molecule has 2 aromatic carbocycles. The van der Waals surface area contributed by atoms with Gasteiger partial charge in [0.15, 0.2) is 0 Å². The Bertz CT molecular complexity index is 1070. The van der Waals surface area contributed by atoms with Crippen LogP contribution in [0.15, 0.2) is 35.2 Å². The van der Waals surface area contributed by atoms with Gasteiger partial charge in [-0.1, -0.05) is 173 Å². The van der Waals surface area contributed by atoms with Crippen molar-refractivity contribution in [1.82, 2.24) is 0 Å². The monoisotopic (exact) mass is 638 g/mol. The second kappa shape index (κ2) is 26.3. The fourth-order valence-electron chi connectivity index (χ4n) is 6.28. The van der Waals surface area contributed by atoms with E-state index in [0.29, 0.717) is 5.39 Å². The molecule has 0 aliphatic rings. The number of rotatable bonds is 27. The first kappa shape index (κ1) is 41.3. The summed E-state index contributed by atoms with van der Waals surface area (Å²) < 4.78 is 36.6. The zero-order valence-electron chi connectivity index (χ0n) is 28.4. The minimum Gasteiger partial charge on any atom is -0.744 e. The summed E-state index contributed by atoms with van der Waals surface area (Å²) in [4.78, 5) is -0.0366. The van der Waals surface area contributed by atoms with E-state index in [1.807, 2.05) is 12.1 Å². The number of fused-ring (bicyclic) bond motifs is 1. The van der Waals surface area contributed by atoms with Gasteiger partial charge in [-0.3, -0.25) is 0 Å². The molecule has 240 valence electrons. The van der Waals surface area contributed by atoms with Gasteiger partial charge in [0.2, 0.25) is 0 Å². The van der Waals surface area contributed by atoms with Crippen LogP contribution in [-0.4, -0.2) is 13.0 Å². The molecule has 0 heterocycles. The number of aryl methyl sites for hydroxylation is 2. The zero-order chi connectivity index (χ0) is 30.3. The maximum absolute atomic E-state index is 12.2. The van der Waals surface area contributed by atoms with Crippen molar-refractivity contribution in [3.05, 3.63) is 41.5 Å². The van der Waals surface area contributed by atoms with Gasteiger partial charge in [0.1, 0.15) is 10.1 Å². The average molecular weight is 639 g/mol. The predicted molar refractivity (Wildman–Crippen MR) is 181 cm³/mol. The molecule has 0 amide bonds. The quantitative estimate of drug-likeness (QED) is 0.0557. The Hall–Kier alpha value is 0.246. The average Bonchev–Trinajstić information content (AvgIpc) is 2.97. The summed E-state index contributed by atoms with van der Waals surface area (Å²) in [7, 11) is -4.52. The molecular formula is C38H63KO3S. The summed E-state index contributed by atoms with van der Waals surface area (Å²) in [6.07, 6.45) is 33.3. The van der Waals surface area contributed by atoms with Crippen LogP contribution in [0.2, 0.25) is 0 Å². The van der Waals surface area contributed by atoms with Gasteiger partial charge < -0.3 is 4.55 Å². The van der Waals surface area contributed by atoms with Gasteiger partial charge in [-0.15, -0.1) is 0 Å². The van der Waals surface area contributed by atoms with Crippen LogP contribution >= 0.6 is 0 Å². The summed E-state index contributed by atoms with van der Waals surface area (Å²) in [6, 6.07) is 9.83. The molecule has 0 aliphatic carbocycles. The van der Waals surface area contributed by atoms with Crippen LogP contribution in [0.3, 0.4) is 0 Å². The van der Waals surface area contributed by atoms with Gasteiger partial charge in [0.05, 0.1) is 4.90 Å². The van der Waals surface area contributed by atoms with Crippen molar-refractivity contribution in [2.75, 3.05) is 0 Å². The molecule has 0 saturated carbocycles. The summed E-state index contributed by atoms with van der Waals surface area (Å²) in [5.41, 5.74) is 2.10. The van der Waals surface area contributed by atoms with E-state index in [-0.39, 0.29) is 56.3 Å². The molecule has 0 fully saturated rings. The van der Waals surface area contributed by atoms with Crippen molar-refractivity contribution in [2.45, 2.75) is 186 Å². The standard InChI is InChI=1S/C38H64O3S.K/c1-3-5-7-9-11-13-15-17-19-21-23-25-27-34-29-30-36-31-35(33-38(37(36)32-34)42(39,40)41)28-26-24-22-20-18-16-14-12-10-8-6-4-2;/h29-33H,3-28H2,1-2H3,(H,39,40,41);/q;+1/p-1. The molecule has 0 spiro atoms. The minimum atomic E-state index is -4.52. The Labute approximate surface area is 309 Å². The van der Waals surface area contributed by atoms with E-state index < -0.39 is 10.1 Å². The van der Waals surface area contributed by atoms with Gasteiger partial charge in [0, 0.05) is 0 Å². The third-order valence-electron chi connectivity index (χ3n) is 8.95. The van der Waals surface area contributed by atoms with Crippen LogP contribution in [0, 0.1) is 0 Å². The second-order valence-corrected chi connectivity index (χ2v) is 14.2. The summed E-state index contributed by atoms with van der Waals surface area (Å²) in [6.45, 7) is 4.53. The third kappa shape index (κ3) is 19.5. The molecule has 0 atom stereocenters. The molecule has 0 N–H and O–H groups in total. The maximum Gasteiger partial charge on any atom is 1.00 e. The number of unbranched alkanes of at least 4 members (excludes halogenated alkanes) is 22. The molecule has 43 heavy (non-hydrogen) atoms. The summed E-state index contributed by atoms with van der Waals surface area (Å²) >= 11 is 0. The van der Waals surface area contributed by atoms with Crippen molar-refractivity contribution in [1.29, 1.82) is 0 Å². The van der Waals surface area contributed by atoms with E-state index in [1.54, 1.807) is 6.07 Å². The van der Waals surface area contributed by atoms with E-state index in [2.05, 4.69) is 26.0 Å². The van der Waals surface area contributed by atoms with Crippen LogP contribution in [0.1, 0.15) is 179 Å². The first-order chi connectivity index (χ1) is 20.5. The van der Waals surface area contributed by atoms with Gasteiger partial charge >= 0.3 is 51.4 Å². The molecule has 0 unspecified atom stereocenters. The molecule has 5 heteroatoms. The van der Waals surface area contributed by atoms with Crippen molar-refractivity contribution >= 4 is 20.9 Å².